The van der Waals surface area contributed by atoms with E-state index in [0.29, 0.717) is 0 Å². The van der Waals surface area contributed by atoms with Gasteiger partial charge in [0.1, 0.15) is 5.54 Å². The molecule has 0 heterocycles. The Bertz CT molecular complexity index is 272. The normalized spacial score (nSPS) is 15.6. The summed E-state index contributed by atoms with van der Waals surface area (Å²) in [5.41, 5.74) is -1.14. The summed E-state index contributed by atoms with van der Waals surface area (Å²) >= 11 is 0. The van der Waals surface area contributed by atoms with Crippen molar-refractivity contribution in [2.45, 2.75) is 32.5 Å². The smallest absolute Gasteiger partial charge is 0.401 e. The van der Waals surface area contributed by atoms with Gasteiger partial charge in [0.15, 0.2) is 0 Å². The van der Waals surface area contributed by atoms with Crippen LogP contribution in [0.5, 0.6) is 0 Å². The summed E-state index contributed by atoms with van der Waals surface area (Å²) < 4.78 is 41.9. The maximum absolute atomic E-state index is 12.3. The summed E-state index contributed by atoms with van der Waals surface area (Å²) in [5.74, 6) is -0.548. The van der Waals surface area contributed by atoms with Crippen molar-refractivity contribution < 1.29 is 22.7 Å². The molecular weight excluding hydrogens is 249 g/mol. The van der Waals surface area contributed by atoms with Crippen LogP contribution in [-0.4, -0.2) is 55.9 Å². The van der Waals surface area contributed by atoms with Crippen LogP contribution >= 0.6 is 0 Å². The van der Waals surface area contributed by atoms with E-state index >= 15 is 0 Å². The molecule has 1 N–H and O–H groups in total. The fourth-order valence-corrected chi connectivity index (χ4v) is 1.52. The van der Waals surface area contributed by atoms with Crippen molar-refractivity contribution in [3.05, 3.63) is 0 Å². The molecule has 108 valence electrons. The lowest BCUT2D eigenvalue weighted by Gasteiger charge is -2.33. The lowest BCUT2D eigenvalue weighted by molar-refractivity contribution is -0.158. The highest BCUT2D eigenvalue weighted by Gasteiger charge is 2.38. The standard InChI is InChI=1S/C11H21F3N2O2/c1-5-16(8-11(12,13)14)7-10(3,15-4)9(17)18-6-2/h15H,5-8H2,1-4H3. The molecule has 0 aromatic heterocycles. The Morgan fingerprint density at radius 3 is 2.17 bits per heavy atom. The van der Waals surface area contributed by atoms with Crippen molar-refractivity contribution in [1.82, 2.24) is 10.2 Å². The van der Waals surface area contributed by atoms with Crippen LogP contribution in [0.3, 0.4) is 0 Å². The minimum Gasteiger partial charge on any atom is -0.465 e. The summed E-state index contributed by atoms with van der Waals surface area (Å²) in [5, 5.41) is 2.73. The van der Waals surface area contributed by atoms with Crippen LogP contribution in [0, 0.1) is 0 Å². The van der Waals surface area contributed by atoms with Crippen molar-refractivity contribution in [2.24, 2.45) is 0 Å². The van der Waals surface area contributed by atoms with E-state index in [1.54, 1.807) is 13.8 Å². The van der Waals surface area contributed by atoms with Crippen molar-refractivity contribution >= 4 is 5.97 Å². The van der Waals surface area contributed by atoms with Crippen LogP contribution in [0.1, 0.15) is 20.8 Å². The number of alkyl halides is 3. The van der Waals surface area contributed by atoms with Gasteiger partial charge in [-0.2, -0.15) is 13.2 Å². The minimum absolute atomic E-state index is 0.0572. The summed E-state index contributed by atoms with van der Waals surface area (Å²) in [6, 6.07) is 0. The number of likely N-dealkylation sites (N-methyl/N-ethyl adjacent to an activating group) is 2. The molecular formula is C11H21F3N2O2. The highest BCUT2D eigenvalue weighted by Crippen LogP contribution is 2.18. The summed E-state index contributed by atoms with van der Waals surface area (Å²) in [4.78, 5) is 12.9. The third kappa shape index (κ3) is 5.68. The predicted molar refractivity (Wildman–Crippen MR) is 62.3 cm³/mol. The van der Waals surface area contributed by atoms with Gasteiger partial charge in [-0.05, 0) is 27.4 Å². The lowest BCUT2D eigenvalue weighted by atomic mass is 10.0. The number of nitrogens with one attached hydrogen (secondary N) is 1. The molecule has 0 spiro atoms. The van der Waals surface area contributed by atoms with E-state index in [0.717, 1.165) is 4.90 Å². The van der Waals surface area contributed by atoms with Gasteiger partial charge < -0.3 is 10.1 Å². The second-order valence-electron chi connectivity index (χ2n) is 4.22. The topological polar surface area (TPSA) is 41.6 Å². The molecule has 0 aromatic carbocycles. The van der Waals surface area contributed by atoms with Crippen molar-refractivity contribution in [3.8, 4) is 0 Å². The Balaban J connectivity index is 4.71. The average molecular weight is 270 g/mol. The SMILES string of the molecule is CCOC(=O)C(C)(CN(CC)CC(F)(F)F)NC. The first kappa shape index (κ1) is 17.2. The molecule has 4 nitrogen and oxygen atoms in total. The van der Waals surface area contributed by atoms with Crippen LogP contribution in [0.4, 0.5) is 13.2 Å². The van der Waals surface area contributed by atoms with Gasteiger partial charge in [0.25, 0.3) is 0 Å². The molecule has 18 heavy (non-hydrogen) atoms. The number of nitrogens with zero attached hydrogens (tertiary/aromatic N) is 1. The first-order valence-electron chi connectivity index (χ1n) is 5.83. The zero-order valence-electron chi connectivity index (χ0n) is 11.2. The van der Waals surface area contributed by atoms with Gasteiger partial charge >= 0.3 is 12.1 Å². The number of hydrogen-bond donors (Lipinski definition) is 1. The number of halogens is 3. The first-order valence-corrected chi connectivity index (χ1v) is 5.83. The van der Waals surface area contributed by atoms with E-state index in [-0.39, 0.29) is 19.7 Å². The fraction of sp³-hybridized carbons (Fsp3) is 0.909. The van der Waals surface area contributed by atoms with E-state index < -0.39 is 24.2 Å². The van der Waals surface area contributed by atoms with E-state index in [9.17, 15) is 18.0 Å². The van der Waals surface area contributed by atoms with Crippen LogP contribution in [-0.2, 0) is 9.53 Å². The Kier molecular flexibility index (Phi) is 6.62. The summed E-state index contributed by atoms with van der Waals surface area (Å²) in [7, 11) is 1.53. The van der Waals surface area contributed by atoms with Crippen molar-refractivity contribution in [1.29, 1.82) is 0 Å². The predicted octanol–water partition coefficient (Wildman–Crippen LogP) is 1.41. The van der Waals surface area contributed by atoms with Gasteiger partial charge in [-0.25, -0.2) is 0 Å². The maximum atomic E-state index is 12.3. The van der Waals surface area contributed by atoms with Gasteiger partial charge in [-0.1, -0.05) is 6.92 Å². The van der Waals surface area contributed by atoms with Crippen molar-refractivity contribution in [2.75, 3.05) is 33.3 Å². The van der Waals surface area contributed by atoms with Crippen LogP contribution in [0.2, 0.25) is 0 Å². The quantitative estimate of drug-likeness (QED) is 0.710. The third-order valence-corrected chi connectivity index (χ3v) is 2.67. The highest BCUT2D eigenvalue weighted by atomic mass is 19.4. The third-order valence-electron chi connectivity index (χ3n) is 2.67. The Morgan fingerprint density at radius 1 is 1.28 bits per heavy atom. The molecule has 0 saturated carbocycles. The molecule has 7 heteroatoms. The number of ether oxygens (including phenoxy) is 1. The van der Waals surface area contributed by atoms with Crippen LogP contribution in [0.25, 0.3) is 0 Å². The zero-order chi connectivity index (χ0) is 14.4. The molecule has 0 radical (unpaired) electrons. The fourth-order valence-electron chi connectivity index (χ4n) is 1.52. The van der Waals surface area contributed by atoms with Crippen LogP contribution in [0.15, 0.2) is 0 Å². The van der Waals surface area contributed by atoms with Gasteiger partial charge in [0, 0.05) is 6.54 Å². The monoisotopic (exact) mass is 270 g/mol. The summed E-state index contributed by atoms with van der Waals surface area (Å²) in [6.07, 6.45) is -4.28. The van der Waals surface area contributed by atoms with E-state index in [4.69, 9.17) is 4.74 Å². The van der Waals surface area contributed by atoms with E-state index in [1.807, 2.05) is 0 Å². The first-order chi connectivity index (χ1) is 8.18. The molecule has 0 fully saturated rings. The number of carbonyl (C=O) groups is 1. The average Bonchev–Trinajstić information content (AvgIpc) is 2.26. The molecule has 0 bridgehead atoms. The second kappa shape index (κ2) is 6.94. The molecule has 0 aliphatic heterocycles. The van der Waals surface area contributed by atoms with Gasteiger partial charge in [-0.3, -0.25) is 9.69 Å². The Hall–Kier alpha value is -0.820. The largest absolute Gasteiger partial charge is 0.465 e. The highest BCUT2D eigenvalue weighted by molar-refractivity contribution is 5.80. The summed E-state index contributed by atoms with van der Waals surface area (Å²) in [6.45, 7) is 4.11. The molecule has 0 rings (SSSR count). The van der Waals surface area contributed by atoms with Crippen LogP contribution < -0.4 is 5.32 Å². The van der Waals surface area contributed by atoms with Gasteiger partial charge in [-0.15, -0.1) is 0 Å². The number of hydrogen-bond acceptors (Lipinski definition) is 4. The minimum atomic E-state index is -4.28. The molecule has 0 aliphatic carbocycles. The molecule has 0 aliphatic rings. The second-order valence-corrected chi connectivity index (χ2v) is 4.22. The van der Waals surface area contributed by atoms with E-state index in [2.05, 4.69) is 5.32 Å². The number of esters is 1. The van der Waals surface area contributed by atoms with Gasteiger partial charge in [0.05, 0.1) is 13.2 Å². The molecule has 0 aromatic rings. The molecule has 0 saturated heterocycles. The van der Waals surface area contributed by atoms with Crippen molar-refractivity contribution in [3.63, 3.8) is 0 Å². The zero-order valence-corrected chi connectivity index (χ0v) is 11.2. The maximum Gasteiger partial charge on any atom is 0.401 e. The molecule has 1 unspecified atom stereocenters. The lowest BCUT2D eigenvalue weighted by Crippen LogP contribution is -2.57. The van der Waals surface area contributed by atoms with Gasteiger partial charge in [0.2, 0.25) is 0 Å². The number of rotatable bonds is 7. The Morgan fingerprint density at radius 2 is 1.83 bits per heavy atom. The van der Waals surface area contributed by atoms with E-state index in [1.165, 1.54) is 14.0 Å². The molecule has 1 atom stereocenters. The molecule has 0 amide bonds. The number of carbonyl (C=O) groups excluding carboxylic acids is 1. The Labute approximate surface area is 105 Å².